The highest BCUT2D eigenvalue weighted by Gasteiger charge is 2.67. The van der Waals surface area contributed by atoms with E-state index in [2.05, 4.69) is 17.3 Å². The third-order valence-corrected chi connectivity index (χ3v) is 7.55. The molecule has 1 saturated heterocycles. The molecule has 32 heavy (non-hydrogen) atoms. The molecular formula is C24H19ClN2O5. The van der Waals surface area contributed by atoms with E-state index in [0.717, 1.165) is 11.4 Å². The molecule has 2 heterocycles. The summed E-state index contributed by atoms with van der Waals surface area (Å²) in [6.45, 7) is 0. The number of methoxy groups -OCH3 is 1. The smallest absolute Gasteiger partial charge is 0.339 e. The largest absolute Gasteiger partial charge is 0.465 e. The van der Waals surface area contributed by atoms with Gasteiger partial charge in [0.05, 0.1) is 35.7 Å². The molecule has 0 N–H and O–H groups in total. The van der Waals surface area contributed by atoms with Crippen molar-refractivity contribution in [2.45, 2.75) is 6.42 Å². The Balaban J connectivity index is 1.23. The summed E-state index contributed by atoms with van der Waals surface area (Å²) in [5.74, 6) is 0.763. The number of hydrogen-bond donors (Lipinski definition) is 0. The molecule has 162 valence electrons. The number of carbonyl (C=O) groups is 3. The van der Waals surface area contributed by atoms with E-state index < -0.39 is 5.97 Å². The van der Waals surface area contributed by atoms with Crippen LogP contribution >= 0.6 is 11.6 Å². The zero-order valence-electron chi connectivity index (χ0n) is 17.1. The number of imide groups is 1. The van der Waals surface area contributed by atoms with Gasteiger partial charge in [-0.3, -0.25) is 9.59 Å². The van der Waals surface area contributed by atoms with Gasteiger partial charge in [-0.15, -0.1) is 0 Å². The molecule has 1 aliphatic heterocycles. The van der Waals surface area contributed by atoms with Crippen LogP contribution in [0.4, 0.5) is 0 Å². The van der Waals surface area contributed by atoms with Gasteiger partial charge < -0.3 is 9.15 Å². The average Bonchev–Trinajstić information content (AvgIpc) is 3.44. The number of rotatable bonds is 4. The van der Waals surface area contributed by atoms with Crippen LogP contribution < -0.4 is 0 Å². The summed E-state index contributed by atoms with van der Waals surface area (Å²) in [4.78, 5) is 37.9. The quantitative estimate of drug-likeness (QED) is 0.306. The first-order valence-electron chi connectivity index (χ1n) is 10.6. The van der Waals surface area contributed by atoms with E-state index >= 15 is 0 Å². The predicted octanol–water partition coefficient (Wildman–Crippen LogP) is 3.77. The van der Waals surface area contributed by atoms with Crippen molar-refractivity contribution in [1.82, 2.24) is 5.01 Å². The second kappa shape index (κ2) is 6.90. The first-order valence-corrected chi connectivity index (χ1v) is 10.9. The standard InChI is InChI=1S/C24H19ClN2O5/c1-31-24(30)17-8-11(2-6-18(17)25)19-7-3-12(32-19)10-26-27-22(28)20-13-4-5-14(16-9-15(13)16)21(20)23(27)29/h2-8,10,13-16,20-21H,9H2,1H3/b26-10-/t13-,14-,15-,16-,20-,21+/m1/s1. The summed E-state index contributed by atoms with van der Waals surface area (Å²) in [6, 6.07) is 8.30. The number of ether oxygens (including phenoxy) is 1. The van der Waals surface area contributed by atoms with Crippen molar-refractivity contribution in [2.75, 3.05) is 7.11 Å². The van der Waals surface area contributed by atoms with E-state index in [1.165, 1.54) is 13.3 Å². The number of nitrogens with zero attached hydrogens (tertiary/aromatic N) is 2. The Morgan fingerprint density at radius 3 is 2.47 bits per heavy atom. The van der Waals surface area contributed by atoms with Gasteiger partial charge in [-0.25, -0.2) is 4.79 Å². The third-order valence-electron chi connectivity index (χ3n) is 7.22. The summed E-state index contributed by atoms with van der Waals surface area (Å²) in [7, 11) is 1.29. The minimum atomic E-state index is -0.543. The molecule has 2 amide bonds. The van der Waals surface area contributed by atoms with Crippen molar-refractivity contribution < 1.29 is 23.5 Å². The monoisotopic (exact) mass is 450 g/mol. The Labute approximate surface area is 188 Å². The van der Waals surface area contributed by atoms with Crippen molar-refractivity contribution in [3.8, 4) is 11.3 Å². The van der Waals surface area contributed by atoms with Crippen LogP contribution in [0.2, 0.25) is 5.02 Å². The Kier molecular flexibility index (Phi) is 4.21. The first kappa shape index (κ1) is 19.5. The predicted molar refractivity (Wildman–Crippen MR) is 115 cm³/mol. The molecule has 3 fully saturated rings. The number of carbonyl (C=O) groups excluding carboxylic acids is 3. The van der Waals surface area contributed by atoms with Gasteiger partial charge in [0.15, 0.2) is 0 Å². The SMILES string of the molecule is COC(=O)c1cc(-c2ccc(/C=N\N3C(=O)[C@@H]4[C@@H]5C=C[C@H]([C@H]6C[C@H]56)[C@@H]4C3=O)o2)ccc1Cl. The number of hydrogen-bond acceptors (Lipinski definition) is 6. The summed E-state index contributed by atoms with van der Waals surface area (Å²) in [5, 5.41) is 5.49. The Morgan fingerprint density at radius 2 is 1.81 bits per heavy atom. The molecule has 2 aromatic rings. The molecule has 7 rings (SSSR count). The first-order chi connectivity index (χ1) is 15.5. The third kappa shape index (κ3) is 2.73. The van der Waals surface area contributed by atoms with Gasteiger partial charge in [0.2, 0.25) is 0 Å². The molecule has 7 nitrogen and oxygen atoms in total. The summed E-state index contributed by atoms with van der Waals surface area (Å²) in [6.07, 6.45) is 6.76. The maximum absolute atomic E-state index is 13.0. The van der Waals surface area contributed by atoms with Crippen molar-refractivity contribution in [3.05, 3.63) is 58.8 Å². The topological polar surface area (TPSA) is 89.2 Å². The van der Waals surface area contributed by atoms with E-state index in [1.54, 1.807) is 30.3 Å². The van der Waals surface area contributed by atoms with Gasteiger partial charge in [-0.1, -0.05) is 23.8 Å². The average molecular weight is 451 g/mol. The lowest BCUT2D eigenvalue weighted by Gasteiger charge is -2.37. The zero-order chi connectivity index (χ0) is 22.1. The van der Waals surface area contributed by atoms with E-state index in [1.807, 2.05) is 0 Å². The lowest BCUT2D eigenvalue weighted by Crippen LogP contribution is -2.40. The maximum atomic E-state index is 13.0. The normalized spacial score (nSPS) is 31.9. The van der Waals surface area contributed by atoms with Gasteiger partial charge in [0, 0.05) is 5.56 Å². The molecule has 2 bridgehead atoms. The molecule has 8 heteroatoms. The van der Waals surface area contributed by atoms with Crippen molar-refractivity contribution in [2.24, 2.45) is 40.6 Å². The fraction of sp³-hybridized carbons (Fsp3) is 0.333. The summed E-state index contributed by atoms with van der Waals surface area (Å²) >= 11 is 6.07. The molecule has 1 aromatic heterocycles. The second-order valence-electron chi connectivity index (χ2n) is 8.78. The zero-order valence-corrected chi connectivity index (χ0v) is 17.9. The van der Waals surface area contributed by atoms with Gasteiger partial charge >= 0.3 is 5.97 Å². The van der Waals surface area contributed by atoms with Crippen LogP contribution in [-0.2, 0) is 14.3 Å². The van der Waals surface area contributed by atoms with Gasteiger partial charge in [0.25, 0.3) is 11.8 Å². The molecular weight excluding hydrogens is 432 g/mol. The Morgan fingerprint density at radius 1 is 1.12 bits per heavy atom. The van der Waals surface area contributed by atoms with Crippen LogP contribution in [0.3, 0.4) is 0 Å². The van der Waals surface area contributed by atoms with Crippen LogP contribution in [0.15, 0.2) is 52.0 Å². The lowest BCUT2D eigenvalue weighted by atomic mass is 9.63. The lowest BCUT2D eigenvalue weighted by molar-refractivity contribution is -0.140. The van der Waals surface area contributed by atoms with Crippen LogP contribution in [0, 0.1) is 35.5 Å². The number of allylic oxidation sites excluding steroid dienone is 2. The minimum Gasteiger partial charge on any atom is -0.465 e. The highest BCUT2D eigenvalue weighted by Crippen LogP contribution is 2.65. The number of halogens is 1. The summed E-state index contributed by atoms with van der Waals surface area (Å²) < 4.78 is 10.5. The number of esters is 1. The van der Waals surface area contributed by atoms with Crippen LogP contribution in [0.25, 0.3) is 11.3 Å². The van der Waals surface area contributed by atoms with Gasteiger partial charge in [0.1, 0.15) is 11.5 Å². The fourth-order valence-electron chi connectivity index (χ4n) is 5.69. The van der Waals surface area contributed by atoms with E-state index in [4.69, 9.17) is 20.8 Å². The Hall–Kier alpha value is -3.19. The van der Waals surface area contributed by atoms with Gasteiger partial charge in [-0.05, 0) is 60.4 Å². The molecule has 0 spiro atoms. The number of amides is 2. The minimum absolute atomic E-state index is 0.163. The highest BCUT2D eigenvalue weighted by molar-refractivity contribution is 6.33. The van der Waals surface area contributed by atoms with Crippen LogP contribution in [0.5, 0.6) is 0 Å². The number of furan rings is 1. The number of hydrazone groups is 1. The highest BCUT2D eigenvalue weighted by atomic mass is 35.5. The van der Waals surface area contributed by atoms with Gasteiger partial charge in [-0.2, -0.15) is 10.1 Å². The Bertz CT molecular complexity index is 1190. The second-order valence-corrected chi connectivity index (χ2v) is 9.18. The van der Waals surface area contributed by atoms with E-state index in [9.17, 15) is 14.4 Å². The molecule has 5 aliphatic rings. The summed E-state index contributed by atoms with van der Waals surface area (Å²) in [5.41, 5.74) is 0.867. The fourth-order valence-corrected chi connectivity index (χ4v) is 5.89. The van der Waals surface area contributed by atoms with Crippen molar-refractivity contribution in [1.29, 1.82) is 0 Å². The molecule has 0 radical (unpaired) electrons. The molecule has 6 atom stereocenters. The van der Waals surface area contributed by atoms with Crippen LogP contribution in [-0.4, -0.2) is 36.1 Å². The van der Waals surface area contributed by atoms with Crippen molar-refractivity contribution >= 4 is 35.6 Å². The van der Waals surface area contributed by atoms with Crippen LogP contribution in [0.1, 0.15) is 22.5 Å². The molecule has 1 aromatic carbocycles. The van der Waals surface area contributed by atoms with E-state index in [-0.39, 0.29) is 46.1 Å². The molecule has 2 saturated carbocycles. The molecule has 4 aliphatic carbocycles. The number of benzene rings is 1. The van der Waals surface area contributed by atoms with E-state index in [0.29, 0.717) is 28.9 Å². The maximum Gasteiger partial charge on any atom is 0.339 e. The molecule has 0 unspecified atom stereocenters. The van der Waals surface area contributed by atoms with Crippen molar-refractivity contribution in [3.63, 3.8) is 0 Å².